The van der Waals surface area contributed by atoms with Crippen LogP contribution in [0.15, 0.2) is 59.5 Å². The van der Waals surface area contributed by atoms with Crippen molar-refractivity contribution in [3.05, 3.63) is 70.3 Å². The number of nitro groups is 1. The van der Waals surface area contributed by atoms with Crippen molar-refractivity contribution in [1.82, 2.24) is 9.21 Å². The summed E-state index contributed by atoms with van der Waals surface area (Å²) < 4.78 is 28.0. The molecule has 1 heterocycles. The molecule has 3 rings (SSSR count). The zero-order chi connectivity index (χ0) is 22.8. The summed E-state index contributed by atoms with van der Waals surface area (Å²) in [5.74, 6) is -0.00640. The van der Waals surface area contributed by atoms with Crippen molar-refractivity contribution >= 4 is 29.4 Å². The number of hydrogen-bond donors (Lipinski definition) is 0. The molecule has 31 heavy (non-hydrogen) atoms. The Morgan fingerprint density at radius 1 is 1.13 bits per heavy atom. The number of nitrogens with zero attached hydrogens (tertiary/aromatic N) is 3. The summed E-state index contributed by atoms with van der Waals surface area (Å²) in [5, 5.41) is 10.9. The van der Waals surface area contributed by atoms with Crippen LogP contribution < -0.4 is 0 Å². The Morgan fingerprint density at radius 2 is 1.74 bits per heavy atom. The van der Waals surface area contributed by atoms with Gasteiger partial charge in [-0.1, -0.05) is 44.2 Å². The number of hydrogen-bond acceptors (Lipinski definition) is 5. The first-order valence-corrected chi connectivity index (χ1v) is 11.6. The molecule has 0 spiro atoms. The van der Waals surface area contributed by atoms with Gasteiger partial charge in [-0.15, -0.1) is 0 Å². The smallest absolute Gasteiger partial charge is 0.269 e. The van der Waals surface area contributed by atoms with Gasteiger partial charge in [-0.3, -0.25) is 14.9 Å². The minimum atomic E-state index is -3.87. The van der Waals surface area contributed by atoms with Crippen molar-refractivity contribution < 1.29 is 18.1 Å². The summed E-state index contributed by atoms with van der Waals surface area (Å²) in [7, 11) is -2.37. The minimum Gasteiger partial charge on any atom is -0.340 e. The fraction of sp³-hybridized carbons (Fsp3) is 0.381. The van der Waals surface area contributed by atoms with Gasteiger partial charge in [0.05, 0.1) is 21.9 Å². The van der Waals surface area contributed by atoms with Crippen LogP contribution in [-0.4, -0.2) is 61.4 Å². The van der Waals surface area contributed by atoms with Crippen LogP contribution >= 0.6 is 0 Å². The lowest BCUT2D eigenvalue weighted by atomic mass is 10.1. The Balaban J connectivity index is 1.83. The SMILES string of the molecule is BC(=O)N1[C@H](Cc2ccccc2)[C@H]1CN(CC(C)C)S(=O)(=O)c1ccc([N+](=O)[O-])cc1. The molecular formula is C21H26BN3O5S. The van der Waals surface area contributed by atoms with E-state index in [4.69, 9.17) is 0 Å². The molecule has 0 radical (unpaired) electrons. The molecule has 0 N–H and O–H groups in total. The van der Waals surface area contributed by atoms with Crippen LogP contribution in [0.3, 0.4) is 0 Å². The summed E-state index contributed by atoms with van der Waals surface area (Å²) in [6.07, 6.45) is 0.665. The number of carbonyl (C=O) groups excluding carboxylic acids is 1. The van der Waals surface area contributed by atoms with Crippen molar-refractivity contribution in [3.8, 4) is 0 Å². The van der Waals surface area contributed by atoms with E-state index in [1.807, 2.05) is 44.2 Å². The molecule has 1 saturated heterocycles. The molecule has 2 atom stereocenters. The van der Waals surface area contributed by atoms with Crippen LogP contribution in [0.1, 0.15) is 19.4 Å². The highest BCUT2D eigenvalue weighted by Gasteiger charge is 2.50. The molecule has 0 saturated carbocycles. The summed E-state index contributed by atoms with van der Waals surface area (Å²) in [6, 6.07) is 14.4. The lowest BCUT2D eigenvalue weighted by molar-refractivity contribution is -0.384. The van der Waals surface area contributed by atoms with Gasteiger partial charge < -0.3 is 4.90 Å². The van der Waals surface area contributed by atoms with E-state index in [1.54, 1.807) is 4.90 Å². The third-order valence-corrected chi connectivity index (χ3v) is 7.21. The molecule has 2 aromatic carbocycles. The molecule has 0 unspecified atom stereocenters. The van der Waals surface area contributed by atoms with Crippen LogP contribution in [0.5, 0.6) is 0 Å². The van der Waals surface area contributed by atoms with E-state index in [-0.39, 0.29) is 40.9 Å². The van der Waals surface area contributed by atoms with Crippen LogP contribution in [-0.2, 0) is 16.4 Å². The summed E-state index contributed by atoms with van der Waals surface area (Å²) in [6.45, 7) is 4.33. The second-order valence-electron chi connectivity index (χ2n) is 8.22. The topological polar surface area (TPSA) is 101 Å². The van der Waals surface area contributed by atoms with Gasteiger partial charge in [0, 0.05) is 25.2 Å². The lowest BCUT2D eigenvalue weighted by Crippen LogP contribution is -2.38. The Kier molecular flexibility index (Phi) is 6.81. The quantitative estimate of drug-likeness (QED) is 0.256. The fourth-order valence-electron chi connectivity index (χ4n) is 3.88. The Hall–Kier alpha value is -2.72. The highest BCUT2D eigenvalue weighted by atomic mass is 32.2. The first-order chi connectivity index (χ1) is 14.6. The number of sulfonamides is 1. The van der Waals surface area contributed by atoms with Crippen molar-refractivity contribution in [2.45, 2.75) is 37.2 Å². The molecule has 1 amide bonds. The largest absolute Gasteiger partial charge is 0.340 e. The Bertz CT molecular complexity index is 1040. The summed E-state index contributed by atoms with van der Waals surface area (Å²) in [5.41, 5.74) is 0.928. The van der Waals surface area contributed by atoms with Crippen LogP contribution in [0, 0.1) is 16.0 Å². The van der Waals surface area contributed by atoms with Gasteiger partial charge in [-0.05, 0) is 30.0 Å². The summed E-state index contributed by atoms with van der Waals surface area (Å²) >= 11 is 0. The maximum absolute atomic E-state index is 13.3. The molecular weight excluding hydrogens is 417 g/mol. The number of non-ortho nitro benzene ring substituents is 1. The van der Waals surface area contributed by atoms with Crippen LogP contribution in [0.4, 0.5) is 10.5 Å². The standard InChI is InChI=1S/C21H26BN3O5S/c1-15(2)13-23(31(29,30)18-10-8-17(9-11-18)25(27)28)14-20-19(24(20)21(22)26)12-16-6-4-3-5-7-16/h3-11,15,19-20H,12-14,22H2,1-2H3/t19-,20-,24?/m1/s1. The van der Waals surface area contributed by atoms with E-state index in [9.17, 15) is 23.3 Å². The van der Waals surface area contributed by atoms with E-state index in [1.165, 1.54) is 36.4 Å². The molecule has 0 aromatic heterocycles. The second-order valence-corrected chi connectivity index (χ2v) is 10.2. The minimum absolute atomic E-state index is 0.00776. The molecule has 10 heteroatoms. The van der Waals surface area contributed by atoms with Gasteiger partial charge in [0.1, 0.15) is 0 Å². The van der Waals surface area contributed by atoms with Gasteiger partial charge in [-0.2, -0.15) is 4.31 Å². The number of nitro benzene ring substituents is 1. The van der Waals surface area contributed by atoms with Crippen molar-refractivity contribution in [2.75, 3.05) is 13.1 Å². The normalized spacial score (nSPS) is 18.4. The molecule has 8 nitrogen and oxygen atoms in total. The third kappa shape index (κ3) is 5.32. The van der Waals surface area contributed by atoms with Gasteiger partial charge in [0.25, 0.3) is 5.69 Å². The summed E-state index contributed by atoms with van der Waals surface area (Å²) in [4.78, 5) is 24.2. The van der Waals surface area contributed by atoms with Crippen molar-refractivity contribution in [2.24, 2.45) is 5.92 Å². The first-order valence-electron chi connectivity index (χ1n) is 10.2. The van der Waals surface area contributed by atoms with Gasteiger partial charge in [-0.25, -0.2) is 8.42 Å². The number of rotatable bonds is 9. The zero-order valence-corrected chi connectivity index (χ0v) is 18.7. The maximum atomic E-state index is 13.3. The average molecular weight is 443 g/mol. The highest BCUT2D eigenvalue weighted by Crippen LogP contribution is 2.34. The van der Waals surface area contributed by atoms with Gasteiger partial charge in [0.15, 0.2) is 5.81 Å². The molecule has 2 aromatic rings. The van der Waals surface area contributed by atoms with Crippen LogP contribution in [0.2, 0.25) is 0 Å². The van der Waals surface area contributed by atoms with Crippen molar-refractivity contribution in [3.63, 3.8) is 0 Å². The molecule has 1 fully saturated rings. The predicted octanol–water partition coefficient (Wildman–Crippen LogP) is 2.29. The second kappa shape index (κ2) is 9.19. The Morgan fingerprint density at radius 3 is 2.26 bits per heavy atom. The van der Waals surface area contributed by atoms with Crippen LogP contribution in [0.25, 0.3) is 0 Å². The lowest BCUT2D eigenvalue weighted by Gasteiger charge is -2.24. The number of amides is 1. The van der Waals surface area contributed by atoms with E-state index < -0.39 is 14.9 Å². The van der Waals surface area contributed by atoms with E-state index in [0.717, 1.165) is 5.56 Å². The molecule has 0 aliphatic carbocycles. The van der Waals surface area contributed by atoms with Crippen molar-refractivity contribution in [1.29, 1.82) is 0 Å². The van der Waals surface area contributed by atoms with E-state index in [2.05, 4.69) is 0 Å². The monoisotopic (exact) mass is 443 g/mol. The molecule has 1 aliphatic heterocycles. The van der Waals surface area contributed by atoms with E-state index in [0.29, 0.717) is 13.0 Å². The maximum Gasteiger partial charge on any atom is 0.269 e. The average Bonchev–Trinajstić information content (AvgIpc) is 3.40. The zero-order valence-electron chi connectivity index (χ0n) is 17.8. The molecule has 1 aliphatic rings. The van der Waals surface area contributed by atoms with E-state index >= 15 is 0 Å². The molecule has 0 bridgehead atoms. The highest BCUT2D eigenvalue weighted by molar-refractivity contribution is 7.89. The Labute approximate surface area is 183 Å². The van der Waals surface area contributed by atoms with Gasteiger partial charge >= 0.3 is 0 Å². The molecule has 164 valence electrons. The third-order valence-electron chi connectivity index (χ3n) is 5.37. The fourth-order valence-corrected chi connectivity index (χ4v) is 5.50. The number of benzene rings is 2. The van der Waals surface area contributed by atoms with Gasteiger partial charge in [0.2, 0.25) is 17.9 Å². The first kappa shape index (κ1) is 23.0. The predicted molar refractivity (Wildman–Crippen MR) is 120 cm³/mol. The number of carbonyl (C=O) groups is 1.